The van der Waals surface area contributed by atoms with Gasteiger partial charge in [-0.3, -0.25) is 9.80 Å². The molecule has 2 aliphatic heterocycles. The number of halogens is 3. The Morgan fingerprint density at radius 1 is 0.879 bits per heavy atom. The number of benzene rings is 3. The van der Waals surface area contributed by atoms with Crippen LogP contribution in [0.5, 0.6) is 0 Å². The number of piperazine rings is 1. The van der Waals surface area contributed by atoms with Crippen LogP contribution < -0.4 is 0 Å². The smallest absolute Gasteiger partial charge is 0.123 e. The molecule has 1 fully saturated rings. The second-order valence-corrected chi connectivity index (χ2v) is 11.6. The lowest BCUT2D eigenvalue weighted by atomic mass is 9.96. The molecule has 172 valence electrons. The van der Waals surface area contributed by atoms with Crippen molar-refractivity contribution >= 4 is 46.7 Å². The van der Waals surface area contributed by atoms with Crippen molar-refractivity contribution in [1.29, 1.82) is 0 Å². The fourth-order valence-electron chi connectivity index (χ4n) is 4.55. The maximum atomic E-state index is 13.1. The van der Waals surface area contributed by atoms with E-state index in [1.807, 2.05) is 24.3 Å². The van der Waals surface area contributed by atoms with E-state index in [0.717, 1.165) is 59.8 Å². The van der Waals surface area contributed by atoms with Crippen LogP contribution in [-0.2, 0) is 6.42 Å². The molecule has 0 aromatic heterocycles. The first kappa shape index (κ1) is 23.5. The van der Waals surface area contributed by atoms with Crippen molar-refractivity contribution in [2.24, 2.45) is 0 Å². The molecule has 5 rings (SSSR count). The molecule has 1 atom stereocenters. The Morgan fingerprint density at radius 2 is 1.61 bits per heavy atom. The lowest BCUT2D eigenvalue weighted by molar-refractivity contribution is 0.0984. The zero-order valence-corrected chi connectivity index (χ0v) is 21.3. The van der Waals surface area contributed by atoms with Gasteiger partial charge in [-0.2, -0.15) is 0 Å². The van der Waals surface area contributed by atoms with Crippen LogP contribution in [0.15, 0.2) is 75.4 Å². The molecule has 1 unspecified atom stereocenters. The molecule has 1 saturated heterocycles. The highest BCUT2D eigenvalue weighted by molar-refractivity contribution is 7.99. The predicted molar refractivity (Wildman–Crippen MR) is 139 cm³/mol. The maximum Gasteiger partial charge on any atom is 0.123 e. The lowest BCUT2D eigenvalue weighted by Gasteiger charge is -2.39. The Bertz CT molecular complexity index is 1120. The monoisotopic (exact) mass is 518 g/mol. The quantitative estimate of drug-likeness (QED) is 0.327. The fraction of sp³-hybridized carbons (Fsp3) is 0.308. The van der Waals surface area contributed by atoms with Crippen molar-refractivity contribution in [2.75, 3.05) is 38.5 Å². The molecule has 33 heavy (non-hydrogen) atoms. The summed E-state index contributed by atoms with van der Waals surface area (Å²) in [6.45, 7) is 5.21. The zero-order valence-electron chi connectivity index (χ0n) is 18.1. The molecule has 3 aromatic rings. The van der Waals surface area contributed by atoms with E-state index in [1.165, 1.54) is 33.1 Å². The molecular formula is C26H25Cl2FN2S2. The number of nitrogens with zero attached hydrogens (tertiary/aromatic N) is 2. The van der Waals surface area contributed by atoms with Crippen LogP contribution in [0.2, 0.25) is 10.0 Å². The summed E-state index contributed by atoms with van der Waals surface area (Å²) in [5, 5.41) is 1.57. The van der Waals surface area contributed by atoms with Gasteiger partial charge in [0.1, 0.15) is 5.82 Å². The van der Waals surface area contributed by atoms with E-state index in [9.17, 15) is 4.39 Å². The summed E-state index contributed by atoms with van der Waals surface area (Å²) in [5.41, 5.74) is 2.67. The van der Waals surface area contributed by atoms with Gasteiger partial charge in [0.05, 0.1) is 0 Å². The summed E-state index contributed by atoms with van der Waals surface area (Å²) in [6.07, 6.45) is 0.966. The van der Waals surface area contributed by atoms with Crippen LogP contribution in [0.25, 0.3) is 0 Å². The molecule has 0 aliphatic carbocycles. The minimum atomic E-state index is -0.180. The van der Waals surface area contributed by atoms with Gasteiger partial charge < -0.3 is 0 Å². The molecular weight excluding hydrogens is 494 g/mol. The summed E-state index contributed by atoms with van der Waals surface area (Å²) in [7, 11) is 0. The van der Waals surface area contributed by atoms with E-state index in [1.54, 1.807) is 23.5 Å². The van der Waals surface area contributed by atoms with Crippen LogP contribution in [0.4, 0.5) is 4.39 Å². The Kier molecular flexibility index (Phi) is 7.55. The van der Waals surface area contributed by atoms with Gasteiger partial charge in [-0.1, -0.05) is 41.0 Å². The second kappa shape index (κ2) is 10.6. The van der Waals surface area contributed by atoms with Crippen molar-refractivity contribution in [3.63, 3.8) is 0 Å². The predicted octanol–water partition coefficient (Wildman–Crippen LogP) is 7.29. The van der Waals surface area contributed by atoms with Crippen LogP contribution in [-0.4, -0.2) is 48.3 Å². The van der Waals surface area contributed by atoms with Gasteiger partial charge in [0, 0.05) is 69.3 Å². The van der Waals surface area contributed by atoms with E-state index in [0.29, 0.717) is 6.04 Å². The second-order valence-electron chi connectivity index (χ2n) is 8.44. The van der Waals surface area contributed by atoms with E-state index in [-0.39, 0.29) is 5.82 Å². The summed E-state index contributed by atoms with van der Waals surface area (Å²) >= 11 is 16.3. The van der Waals surface area contributed by atoms with E-state index >= 15 is 0 Å². The largest absolute Gasteiger partial charge is 0.300 e. The molecule has 0 radical (unpaired) electrons. The number of hydrogen-bond donors (Lipinski definition) is 0. The Labute approximate surface area is 213 Å². The van der Waals surface area contributed by atoms with Crippen molar-refractivity contribution < 1.29 is 4.39 Å². The summed E-state index contributed by atoms with van der Waals surface area (Å²) in [4.78, 5) is 8.78. The molecule has 0 saturated carbocycles. The SMILES string of the molecule is Fc1ccc(SCCN2CCN(C3Cc4ccc(Cl)cc4Sc4ccc(Cl)cc43)CC2)cc1. The molecule has 0 spiro atoms. The zero-order chi connectivity index (χ0) is 22.8. The first-order valence-electron chi connectivity index (χ1n) is 11.2. The third-order valence-electron chi connectivity index (χ3n) is 6.33. The highest BCUT2D eigenvalue weighted by Gasteiger charge is 2.30. The number of fused-ring (bicyclic) bond motifs is 2. The molecule has 2 nitrogen and oxygen atoms in total. The van der Waals surface area contributed by atoms with E-state index in [4.69, 9.17) is 23.2 Å². The van der Waals surface area contributed by atoms with Crippen molar-refractivity contribution in [2.45, 2.75) is 27.1 Å². The number of rotatable bonds is 5. The standard InChI is InChI=1S/C26H25Cl2FN2S2/c27-19-3-8-25-23(16-19)24(15-18-1-2-20(28)17-26(18)33-25)31-11-9-30(10-12-31)13-14-32-22-6-4-21(29)5-7-22/h1-8,16-17,24H,9-15H2. The van der Waals surface area contributed by atoms with Crippen LogP contribution in [0.3, 0.4) is 0 Å². The Morgan fingerprint density at radius 3 is 2.39 bits per heavy atom. The average molecular weight is 520 g/mol. The van der Waals surface area contributed by atoms with Crippen molar-refractivity contribution in [3.8, 4) is 0 Å². The van der Waals surface area contributed by atoms with E-state index in [2.05, 4.69) is 34.1 Å². The van der Waals surface area contributed by atoms with Gasteiger partial charge in [-0.05, 0) is 72.1 Å². The van der Waals surface area contributed by atoms with E-state index < -0.39 is 0 Å². The highest BCUT2D eigenvalue weighted by Crippen LogP contribution is 2.44. The van der Waals surface area contributed by atoms with Gasteiger partial charge in [-0.15, -0.1) is 11.8 Å². The molecule has 2 heterocycles. The van der Waals surface area contributed by atoms with Crippen LogP contribution in [0.1, 0.15) is 17.2 Å². The first-order valence-corrected chi connectivity index (χ1v) is 13.7. The van der Waals surface area contributed by atoms with Crippen molar-refractivity contribution in [3.05, 3.63) is 87.7 Å². The Balaban J connectivity index is 1.25. The molecule has 3 aromatic carbocycles. The Hall–Kier alpha value is -1.21. The van der Waals surface area contributed by atoms with Gasteiger partial charge in [0.2, 0.25) is 0 Å². The summed E-state index contributed by atoms with van der Waals surface area (Å²) in [5.74, 6) is 0.833. The van der Waals surface area contributed by atoms with Crippen LogP contribution >= 0.6 is 46.7 Å². The number of hydrogen-bond acceptors (Lipinski definition) is 4. The van der Waals surface area contributed by atoms with Gasteiger partial charge in [0.25, 0.3) is 0 Å². The molecule has 0 amide bonds. The summed E-state index contributed by atoms with van der Waals surface area (Å²) in [6, 6.07) is 19.6. The normalized spacial score (nSPS) is 19.1. The lowest BCUT2D eigenvalue weighted by Crippen LogP contribution is -2.48. The third kappa shape index (κ3) is 5.72. The van der Waals surface area contributed by atoms with Gasteiger partial charge in [-0.25, -0.2) is 4.39 Å². The highest BCUT2D eigenvalue weighted by atomic mass is 35.5. The minimum Gasteiger partial charge on any atom is -0.300 e. The van der Waals surface area contributed by atoms with Crippen molar-refractivity contribution in [1.82, 2.24) is 9.80 Å². The van der Waals surface area contributed by atoms with Crippen LogP contribution in [0, 0.1) is 5.82 Å². The maximum absolute atomic E-state index is 13.1. The first-order chi connectivity index (χ1) is 16.0. The molecule has 2 aliphatic rings. The minimum absolute atomic E-state index is 0.180. The third-order valence-corrected chi connectivity index (χ3v) is 8.98. The average Bonchev–Trinajstić information content (AvgIpc) is 2.97. The summed E-state index contributed by atoms with van der Waals surface area (Å²) < 4.78 is 13.1. The molecule has 7 heteroatoms. The topological polar surface area (TPSA) is 6.48 Å². The number of thioether (sulfide) groups is 1. The fourth-order valence-corrected chi connectivity index (χ4v) is 7.03. The van der Waals surface area contributed by atoms with Gasteiger partial charge >= 0.3 is 0 Å². The van der Waals surface area contributed by atoms with Gasteiger partial charge in [0.15, 0.2) is 0 Å². The molecule has 0 N–H and O–H groups in total. The molecule has 0 bridgehead atoms.